The number of nitrogens with two attached hydrogens (primary N) is 1. The number of hydrazine groups is 1. The molecule has 0 aliphatic heterocycles. The van der Waals surface area contributed by atoms with Crippen LogP contribution in [-0.4, -0.2) is 11.6 Å². The summed E-state index contributed by atoms with van der Waals surface area (Å²) in [4.78, 5) is 4.05. The van der Waals surface area contributed by atoms with E-state index >= 15 is 0 Å². The van der Waals surface area contributed by atoms with Crippen molar-refractivity contribution < 1.29 is 13.5 Å². The van der Waals surface area contributed by atoms with E-state index in [1.54, 1.807) is 25.4 Å². The average molecular weight is 293 g/mol. The standard InChI is InChI=1S/C15H17F2N3O/c1-3-21-11-5-10(7-19-8-11)15(20-18)12-4-9(2)13(16)6-14(12)17/h4-8,15,20H,3,18H2,1-2H3. The van der Waals surface area contributed by atoms with Gasteiger partial charge in [0.2, 0.25) is 0 Å². The average Bonchev–Trinajstić information content (AvgIpc) is 2.46. The molecule has 4 nitrogen and oxygen atoms in total. The Morgan fingerprint density at radius 1 is 1.24 bits per heavy atom. The minimum Gasteiger partial charge on any atom is -0.492 e. The van der Waals surface area contributed by atoms with Crippen molar-refractivity contribution >= 4 is 0 Å². The van der Waals surface area contributed by atoms with Gasteiger partial charge in [-0.25, -0.2) is 14.2 Å². The fourth-order valence-corrected chi connectivity index (χ4v) is 2.11. The van der Waals surface area contributed by atoms with Crippen LogP contribution in [0.1, 0.15) is 29.7 Å². The molecule has 0 bridgehead atoms. The molecule has 0 aliphatic carbocycles. The van der Waals surface area contributed by atoms with Gasteiger partial charge in [-0.05, 0) is 37.1 Å². The molecule has 1 aromatic heterocycles. The zero-order valence-electron chi connectivity index (χ0n) is 11.9. The van der Waals surface area contributed by atoms with Crippen molar-refractivity contribution in [2.24, 2.45) is 5.84 Å². The van der Waals surface area contributed by atoms with Crippen LogP contribution >= 0.6 is 0 Å². The highest BCUT2D eigenvalue weighted by atomic mass is 19.1. The van der Waals surface area contributed by atoms with Crippen LogP contribution in [-0.2, 0) is 0 Å². The first-order valence-corrected chi connectivity index (χ1v) is 6.56. The molecular weight excluding hydrogens is 276 g/mol. The molecule has 0 saturated heterocycles. The first-order chi connectivity index (χ1) is 10.1. The number of halogens is 2. The molecule has 3 N–H and O–H groups in total. The Hall–Kier alpha value is -2.05. The van der Waals surface area contributed by atoms with Crippen molar-refractivity contribution in [3.05, 3.63) is 58.9 Å². The second-order valence-electron chi connectivity index (χ2n) is 4.61. The zero-order valence-corrected chi connectivity index (χ0v) is 11.9. The Kier molecular flexibility index (Phi) is 4.82. The van der Waals surface area contributed by atoms with Gasteiger partial charge >= 0.3 is 0 Å². The van der Waals surface area contributed by atoms with E-state index in [2.05, 4.69) is 10.4 Å². The minimum absolute atomic E-state index is 0.256. The molecular formula is C15H17F2N3O. The summed E-state index contributed by atoms with van der Waals surface area (Å²) < 4.78 is 32.7. The first kappa shape index (κ1) is 15.3. The number of benzene rings is 1. The summed E-state index contributed by atoms with van der Waals surface area (Å²) in [6.45, 7) is 3.92. The molecule has 0 amide bonds. The quantitative estimate of drug-likeness (QED) is 0.657. The maximum absolute atomic E-state index is 14.0. The van der Waals surface area contributed by atoms with Gasteiger partial charge in [0.25, 0.3) is 0 Å². The Morgan fingerprint density at radius 2 is 2.00 bits per heavy atom. The molecule has 112 valence electrons. The van der Waals surface area contributed by atoms with Crippen LogP contribution < -0.4 is 16.0 Å². The summed E-state index contributed by atoms with van der Waals surface area (Å²) in [5, 5.41) is 0. The van der Waals surface area contributed by atoms with Gasteiger partial charge in [0, 0.05) is 17.8 Å². The minimum atomic E-state index is -0.664. The van der Waals surface area contributed by atoms with E-state index in [9.17, 15) is 8.78 Å². The highest BCUT2D eigenvalue weighted by Crippen LogP contribution is 2.27. The molecule has 2 aromatic rings. The smallest absolute Gasteiger partial charge is 0.137 e. The number of aryl methyl sites for hydroxylation is 1. The van der Waals surface area contributed by atoms with Crippen molar-refractivity contribution in [2.45, 2.75) is 19.9 Å². The van der Waals surface area contributed by atoms with Crippen LogP contribution in [0.3, 0.4) is 0 Å². The third-order valence-electron chi connectivity index (χ3n) is 3.13. The second-order valence-corrected chi connectivity index (χ2v) is 4.61. The third kappa shape index (κ3) is 3.34. The van der Waals surface area contributed by atoms with Crippen molar-refractivity contribution in [2.75, 3.05) is 6.61 Å². The van der Waals surface area contributed by atoms with Crippen LogP contribution in [0.5, 0.6) is 5.75 Å². The predicted molar refractivity (Wildman–Crippen MR) is 75.7 cm³/mol. The molecule has 6 heteroatoms. The molecule has 0 fully saturated rings. The summed E-state index contributed by atoms with van der Waals surface area (Å²) in [6, 6.07) is 3.37. The van der Waals surface area contributed by atoms with E-state index in [0.717, 1.165) is 6.07 Å². The number of nitrogens with one attached hydrogen (secondary N) is 1. The Bertz CT molecular complexity index is 634. The molecule has 0 spiro atoms. The van der Waals surface area contributed by atoms with Crippen molar-refractivity contribution in [3.8, 4) is 5.75 Å². The van der Waals surface area contributed by atoms with Crippen molar-refractivity contribution in [1.29, 1.82) is 0 Å². The molecule has 1 atom stereocenters. The van der Waals surface area contributed by atoms with Crippen molar-refractivity contribution in [1.82, 2.24) is 10.4 Å². The number of hydrogen-bond acceptors (Lipinski definition) is 4. The van der Waals surface area contributed by atoms with Crippen LogP contribution in [0.2, 0.25) is 0 Å². The largest absolute Gasteiger partial charge is 0.492 e. The zero-order chi connectivity index (χ0) is 15.4. The van der Waals surface area contributed by atoms with E-state index < -0.39 is 17.7 Å². The molecule has 0 aliphatic rings. The predicted octanol–water partition coefficient (Wildman–Crippen LogP) is 2.62. The molecule has 2 rings (SSSR count). The maximum Gasteiger partial charge on any atom is 0.137 e. The monoisotopic (exact) mass is 293 g/mol. The molecule has 1 aromatic carbocycles. The van der Waals surface area contributed by atoms with Gasteiger partial charge in [0.05, 0.1) is 18.8 Å². The number of nitrogens with zero attached hydrogens (tertiary/aromatic N) is 1. The highest BCUT2D eigenvalue weighted by Gasteiger charge is 2.19. The lowest BCUT2D eigenvalue weighted by Gasteiger charge is -2.18. The fourth-order valence-electron chi connectivity index (χ4n) is 2.11. The Morgan fingerprint density at radius 3 is 2.67 bits per heavy atom. The van der Waals surface area contributed by atoms with E-state index in [1.807, 2.05) is 6.92 Å². The Labute approximate surface area is 121 Å². The molecule has 1 unspecified atom stereocenters. The van der Waals surface area contributed by atoms with Gasteiger partial charge in [-0.15, -0.1) is 0 Å². The van der Waals surface area contributed by atoms with E-state index in [1.165, 1.54) is 6.07 Å². The van der Waals surface area contributed by atoms with E-state index in [4.69, 9.17) is 10.6 Å². The third-order valence-corrected chi connectivity index (χ3v) is 3.13. The lowest BCUT2D eigenvalue weighted by atomic mass is 9.98. The van der Waals surface area contributed by atoms with Gasteiger partial charge in [0.1, 0.15) is 17.4 Å². The lowest BCUT2D eigenvalue weighted by Crippen LogP contribution is -2.29. The van der Waals surface area contributed by atoms with Gasteiger partial charge in [-0.2, -0.15) is 0 Å². The number of rotatable bonds is 5. The summed E-state index contributed by atoms with van der Waals surface area (Å²) in [6.07, 6.45) is 3.12. The fraction of sp³-hybridized carbons (Fsp3) is 0.267. The van der Waals surface area contributed by atoms with E-state index in [-0.39, 0.29) is 5.56 Å². The highest BCUT2D eigenvalue weighted by molar-refractivity contribution is 5.37. The topological polar surface area (TPSA) is 60.2 Å². The van der Waals surface area contributed by atoms with Gasteiger partial charge in [-0.3, -0.25) is 10.8 Å². The SMILES string of the molecule is CCOc1cncc(C(NN)c2cc(C)c(F)cc2F)c1. The second kappa shape index (κ2) is 6.60. The number of hydrogen-bond donors (Lipinski definition) is 2. The molecule has 0 saturated carbocycles. The van der Waals surface area contributed by atoms with Crippen LogP contribution in [0.25, 0.3) is 0 Å². The van der Waals surface area contributed by atoms with Gasteiger partial charge < -0.3 is 4.74 Å². The maximum atomic E-state index is 14.0. The number of pyridine rings is 1. The molecule has 1 heterocycles. The number of ether oxygens (including phenoxy) is 1. The van der Waals surface area contributed by atoms with Crippen molar-refractivity contribution in [3.63, 3.8) is 0 Å². The Balaban J connectivity index is 2.44. The van der Waals surface area contributed by atoms with Gasteiger partial charge in [-0.1, -0.05) is 0 Å². The summed E-state index contributed by atoms with van der Waals surface area (Å²) >= 11 is 0. The van der Waals surface area contributed by atoms with E-state index in [0.29, 0.717) is 23.5 Å². The van der Waals surface area contributed by atoms with Crippen LogP contribution in [0, 0.1) is 18.6 Å². The molecule has 21 heavy (non-hydrogen) atoms. The summed E-state index contributed by atoms with van der Waals surface area (Å²) in [5.41, 5.74) is 3.77. The van der Waals surface area contributed by atoms with Gasteiger partial charge in [0.15, 0.2) is 0 Å². The normalized spacial score (nSPS) is 12.2. The number of aromatic nitrogens is 1. The van der Waals surface area contributed by atoms with Crippen LogP contribution in [0.15, 0.2) is 30.6 Å². The summed E-state index contributed by atoms with van der Waals surface area (Å²) in [7, 11) is 0. The first-order valence-electron chi connectivity index (χ1n) is 6.56. The van der Waals surface area contributed by atoms with Crippen LogP contribution in [0.4, 0.5) is 8.78 Å². The summed E-state index contributed by atoms with van der Waals surface area (Å²) in [5.74, 6) is 4.85. The molecule has 0 radical (unpaired) electrons. The lowest BCUT2D eigenvalue weighted by molar-refractivity contribution is 0.338.